The van der Waals surface area contributed by atoms with Crippen molar-refractivity contribution in [3.8, 4) is 0 Å². The minimum absolute atomic E-state index is 0.707. The summed E-state index contributed by atoms with van der Waals surface area (Å²) in [6, 6.07) is 1.22. The van der Waals surface area contributed by atoms with Crippen molar-refractivity contribution in [3.05, 3.63) is 0 Å². The van der Waals surface area contributed by atoms with Gasteiger partial charge >= 0.3 is 0 Å². The second-order valence-corrected chi connectivity index (χ2v) is 3.95. The smallest absolute Gasteiger partial charge is 0.229 e. The third-order valence-corrected chi connectivity index (χ3v) is 2.55. The number of rotatable bonds is 8. The molecule has 0 atom stereocenters. The Hall–Kier alpha value is 0.467. The van der Waals surface area contributed by atoms with Crippen molar-refractivity contribution in [2.45, 2.75) is 38.7 Å². The van der Waals surface area contributed by atoms with Crippen LogP contribution in [0.5, 0.6) is 0 Å². The molecule has 0 amide bonds. The van der Waals surface area contributed by atoms with Crippen LogP contribution in [0.1, 0.15) is 32.6 Å². The zero-order valence-corrected chi connectivity index (χ0v) is 8.99. The van der Waals surface area contributed by atoms with E-state index in [-0.39, 0.29) is 0 Å². The monoisotopic (exact) mass is 192 g/mol. The first kappa shape index (κ1) is 11.5. The van der Waals surface area contributed by atoms with E-state index >= 15 is 0 Å². The zero-order chi connectivity index (χ0) is 8.36. The average molecular weight is 193 g/mol. The molecule has 0 N–H and O–H groups in total. The molecule has 0 aromatic rings. The molecule has 0 unspecified atom stereocenters. The van der Waals surface area contributed by atoms with Crippen LogP contribution in [0.15, 0.2) is 0 Å². The topological polar surface area (TPSA) is 9.23 Å². The van der Waals surface area contributed by atoms with Gasteiger partial charge in [0.25, 0.3) is 0 Å². The average Bonchev–Trinajstić information content (AvgIpc) is 2.03. The third-order valence-electron chi connectivity index (χ3n) is 1.32. The van der Waals surface area contributed by atoms with Gasteiger partial charge in [-0.1, -0.05) is 19.8 Å². The van der Waals surface area contributed by atoms with E-state index < -0.39 is 0 Å². The summed E-state index contributed by atoms with van der Waals surface area (Å²) in [4.78, 5) is 0. The first-order chi connectivity index (χ1) is 5.41. The van der Waals surface area contributed by atoms with E-state index in [1.807, 2.05) is 0 Å². The predicted molar refractivity (Wildman–Crippen MR) is 51.4 cm³/mol. The summed E-state index contributed by atoms with van der Waals surface area (Å²) >= 11 is 5.54. The molecular weight excluding hydrogens is 176 g/mol. The Morgan fingerprint density at radius 3 is 2.73 bits per heavy atom. The number of hydrogen-bond acceptors (Lipinski definition) is 1. The zero-order valence-electron chi connectivity index (χ0n) is 7.24. The Bertz CT molecular complexity index is 63.1. The molecule has 0 spiro atoms. The van der Waals surface area contributed by atoms with E-state index in [0.29, 0.717) is 9.76 Å². The Labute approximate surface area is 77.4 Å². The molecule has 66 valence electrons. The van der Waals surface area contributed by atoms with Gasteiger partial charge in [-0.3, -0.25) is 0 Å². The molecule has 0 rings (SSSR count). The third kappa shape index (κ3) is 10.5. The summed E-state index contributed by atoms with van der Waals surface area (Å²) in [5.74, 6) is 0.804. The van der Waals surface area contributed by atoms with E-state index in [2.05, 4.69) is 6.92 Å². The number of halogens is 1. The van der Waals surface area contributed by atoms with Gasteiger partial charge in [0.15, 0.2) is 0 Å². The quantitative estimate of drug-likeness (QED) is 0.327. The van der Waals surface area contributed by atoms with E-state index in [9.17, 15) is 0 Å². The normalized spacial score (nSPS) is 10.4. The fraction of sp³-hybridized carbons (Fsp3) is 1.00. The molecule has 1 nitrogen and oxygen atoms in total. The number of alkyl halides is 1. The minimum atomic E-state index is 0.707. The van der Waals surface area contributed by atoms with Crippen LogP contribution < -0.4 is 0 Å². The van der Waals surface area contributed by atoms with Crippen LogP contribution in [0.2, 0.25) is 6.04 Å². The molecule has 0 saturated heterocycles. The maximum atomic E-state index is 5.54. The van der Waals surface area contributed by atoms with Gasteiger partial charge < -0.3 is 4.43 Å². The molecule has 0 aliphatic carbocycles. The first-order valence-electron chi connectivity index (χ1n) is 4.32. The van der Waals surface area contributed by atoms with Crippen molar-refractivity contribution in [2.75, 3.05) is 12.5 Å². The largest absolute Gasteiger partial charge is 0.417 e. The summed E-state index contributed by atoms with van der Waals surface area (Å²) in [6.45, 7) is 3.06. The van der Waals surface area contributed by atoms with Crippen LogP contribution in [-0.4, -0.2) is 22.3 Å². The number of hydrogen-bond donors (Lipinski definition) is 0. The second kappa shape index (κ2) is 10.5. The summed E-state index contributed by atoms with van der Waals surface area (Å²) in [7, 11) is 0.707. The molecule has 0 aromatic carbocycles. The lowest BCUT2D eigenvalue weighted by atomic mass is 10.3. The molecule has 0 bridgehead atoms. The lowest BCUT2D eigenvalue weighted by Crippen LogP contribution is -1.98. The summed E-state index contributed by atoms with van der Waals surface area (Å²) in [5.41, 5.74) is 0. The maximum Gasteiger partial charge on any atom is 0.229 e. The molecule has 0 saturated carbocycles. The lowest BCUT2D eigenvalue weighted by molar-refractivity contribution is 0.334. The molecule has 3 heteroatoms. The van der Waals surface area contributed by atoms with Crippen LogP contribution in [0, 0.1) is 0 Å². The molecule has 0 heterocycles. The van der Waals surface area contributed by atoms with Crippen LogP contribution in [0.4, 0.5) is 0 Å². The van der Waals surface area contributed by atoms with E-state index in [4.69, 9.17) is 16.0 Å². The van der Waals surface area contributed by atoms with Crippen molar-refractivity contribution in [3.63, 3.8) is 0 Å². The molecule has 2 radical (unpaired) electrons. The van der Waals surface area contributed by atoms with E-state index in [0.717, 1.165) is 25.3 Å². The van der Waals surface area contributed by atoms with Gasteiger partial charge in [-0.05, 0) is 18.9 Å². The lowest BCUT2D eigenvalue weighted by Gasteiger charge is -1.99. The Balaban J connectivity index is 2.69. The van der Waals surface area contributed by atoms with Crippen molar-refractivity contribution in [2.24, 2.45) is 0 Å². The minimum Gasteiger partial charge on any atom is -0.417 e. The first-order valence-corrected chi connectivity index (χ1v) is 5.97. The molecule has 0 aliphatic heterocycles. The summed E-state index contributed by atoms with van der Waals surface area (Å²) in [5, 5.41) is 0. The van der Waals surface area contributed by atoms with E-state index in [1.165, 1.54) is 18.9 Å². The van der Waals surface area contributed by atoms with Crippen molar-refractivity contribution in [1.82, 2.24) is 0 Å². The predicted octanol–water partition coefficient (Wildman–Crippen LogP) is 2.86. The molecule has 0 aliphatic rings. The van der Waals surface area contributed by atoms with Crippen LogP contribution in [0.3, 0.4) is 0 Å². The van der Waals surface area contributed by atoms with Crippen molar-refractivity contribution in [1.29, 1.82) is 0 Å². The SMILES string of the molecule is CCCO[Si]CCCCCCl. The van der Waals surface area contributed by atoms with Crippen LogP contribution >= 0.6 is 11.6 Å². The Morgan fingerprint density at radius 2 is 2.09 bits per heavy atom. The van der Waals surface area contributed by atoms with Gasteiger partial charge in [-0.15, -0.1) is 11.6 Å². The van der Waals surface area contributed by atoms with Gasteiger partial charge in [0.1, 0.15) is 0 Å². The van der Waals surface area contributed by atoms with Gasteiger partial charge in [0, 0.05) is 12.5 Å². The van der Waals surface area contributed by atoms with Gasteiger partial charge in [-0.2, -0.15) is 0 Å². The Kier molecular flexibility index (Phi) is 10.9. The molecule has 11 heavy (non-hydrogen) atoms. The molecular formula is C8H17ClOSi. The maximum absolute atomic E-state index is 5.54. The highest BCUT2D eigenvalue weighted by molar-refractivity contribution is 6.26. The van der Waals surface area contributed by atoms with Crippen LogP contribution in [-0.2, 0) is 4.43 Å². The van der Waals surface area contributed by atoms with Crippen molar-refractivity contribution >= 4 is 21.4 Å². The highest BCUT2D eigenvalue weighted by Crippen LogP contribution is 2.00. The van der Waals surface area contributed by atoms with E-state index in [1.54, 1.807) is 0 Å². The van der Waals surface area contributed by atoms with Gasteiger partial charge in [0.2, 0.25) is 9.76 Å². The highest BCUT2D eigenvalue weighted by atomic mass is 35.5. The fourth-order valence-corrected chi connectivity index (χ4v) is 1.79. The van der Waals surface area contributed by atoms with Crippen molar-refractivity contribution < 1.29 is 4.43 Å². The number of unbranched alkanes of at least 4 members (excludes halogenated alkanes) is 2. The standard InChI is InChI=1S/C8H17ClOSi/c1-2-7-10-11-8-5-3-4-6-9/h2-8H2,1H3. The molecule has 0 aromatic heterocycles. The summed E-state index contributed by atoms with van der Waals surface area (Å²) in [6.07, 6.45) is 4.81. The van der Waals surface area contributed by atoms with Gasteiger partial charge in [0.05, 0.1) is 0 Å². The fourth-order valence-electron chi connectivity index (χ4n) is 0.715. The Morgan fingerprint density at radius 1 is 1.27 bits per heavy atom. The highest BCUT2D eigenvalue weighted by Gasteiger charge is 1.91. The summed E-state index contributed by atoms with van der Waals surface area (Å²) < 4.78 is 5.36. The van der Waals surface area contributed by atoms with Crippen LogP contribution in [0.25, 0.3) is 0 Å². The second-order valence-electron chi connectivity index (χ2n) is 2.49. The van der Waals surface area contributed by atoms with Gasteiger partial charge in [-0.25, -0.2) is 0 Å². The molecule has 0 fully saturated rings.